The van der Waals surface area contributed by atoms with E-state index in [0.717, 1.165) is 25.7 Å². The zero-order chi connectivity index (χ0) is 13.7. The van der Waals surface area contributed by atoms with E-state index in [4.69, 9.17) is 10.5 Å². The van der Waals surface area contributed by atoms with Gasteiger partial charge in [-0.2, -0.15) is 0 Å². The van der Waals surface area contributed by atoms with Crippen LogP contribution < -0.4 is 5.73 Å². The number of methoxy groups -OCH3 is 1. The van der Waals surface area contributed by atoms with E-state index in [0.29, 0.717) is 0 Å². The monoisotopic (exact) mass is 269 g/mol. The number of ether oxygens (including phenoxy) is 1. The lowest BCUT2D eigenvalue weighted by Crippen LogP contribution is -2.56. The predicted molar refractivity (Wildman–Crippen MR) is 79.4 cm³/mol. The van der Waals surface area contributed by atoms with Crippen molar-refractivity contribution in [3.63, 3.8) is 0 Å². The smallest absolute Gasteiger partial charge is 0.0590 e. The maximum atomic E-state index is 6.23. The molecule has 19 heavy (non-hydrogen) atoms. The van der Waals surface area contributed by atoms with Crippen molar-refractivity contribution in [3.05, 3.63) is 0 Å². The molecule has 4 heteroatoms. The van der Waals surface area contributed by atoms with Crippen molar-refractivity contribution in [1.82, 2.24) is 9.80 Å². The molecule has 0 bridgehead atoms. The van der Waals surface area contributed by atoms with Crippen LogP contribution in [0.25, 0.3) is 0 Å². The molecule has 2 aliphatic rings. The summed E-state index contributed by atoms with van der Waals surface area (Å²) < 4.78 is 5.31. The standard InChI is InChI=1S/C15H31N3O/c1-3-17-9-4-7-15(13-16,8-10-17)18(11-12-19-2)14-5-6-14/h14H,3-13,16H2,1-2H3. The highest BCUT2D eigenvalue weighted by Crippen LogP contribution is 2.37. The second-order valence-corrected chi connectivity index (χ2v) is 6.13. The summed E-state index contributed by atoms with van der Waals surface area (Å²) in [7, 11) is 1.80. The van der Waals surface area contributed by atoms with Gasteiger partial charge in [-0.3, -0.25) is 4.90 Å². The van der Waals surface area contributed by atoms with Crippen LogP contribution in [0, 0.1) is 0 Å². The van der Waals surface area contributed by atoms with Crippen LogP contribution in [0.4, 0.5) is 0 Å². The van der Waals surface area contributed by atoms with Crippen molar-refractivity contribution in [2.45, 2.75) is 50.6 Å². The molecule has 1 saturated carbocycles. The zero-order valence-electron chi connectivity index (χ0n) is 12.7. The molecule has 0 spiro atoms. The summed E-state index contributed by atoms with van der Waals surface area (Å²) in [5.41, 5.74) is 6.46. The minimum Gasteiger partial charge on any atom is -0.383 e. The lowest BCUT2D eigenvalue weighted by Gasteiger charge is -2.43. The number of hydrogen-bond donors (Lipinski definition) is 1. The molecule has 112 valence electrons. The lowest BCUT2D eigenvalue weighted by molar-refractivity contribution is 0.0417. The summed E-state index contributed by atoms with van der Waals surface area (Å²) in [6.07, 6.45) is 6.45. The second kappa shape index (κ2) is 7.02. The molecular weight excluding hydrogens is 238 g/mol. The van der Waals surface area contributed by atoms with Gasteiger partial charge in [0, 0.05) is 31.8 Å². The summed E-state index contributed by atoms with van der Waals surface area (Å²) in [6, 6.07) is 0.770. The van der Waals surface area contributed by atoms with Crippen LogP contribution in [0.5, 0.6) is 0 Å². The fraction of sp³-hybridized carbons (Fsp3) is 1.00. The number of likely N-dealkylation sites (tertiary alicyclic amines) is 1. The molecule has 1 aliphatic carbocycles. The van der Waals surface area contributed by atoms with Crippen LogP contribution in [0.3, 0.4) is 0 Å². The average molecular weight is 269 g/mol. The van der Waals surface area contributed by atoms with Crippen LogP contribution in [0.15, 0.2) is 0 Å². The third-order valence-corrected chi connectivity index (χ3v) is 4.97. The lowest BCUT2D eigenvalue weighted by atomic mass is 9.88. The Morgan fingerprint density at radius 1 is 1.32 bits per heavy atom. The van der Waals surface area contributed by atoms with E-state index in [-0.39, 0.29) is 5.54 Å². The second-order valence-electron chi connectivity index (χ2n) is 6.13. The van der Waals surface area contributed by atoms with Gasteiger partial charge in [0.25, 0.3) is 0 Å². The van der Waals surface area contributed by atoms with Crippen LogP contribution >= 0.6 is 0 Å². The van der Waals surface area contributed by atoms with Crippen molar-refractivity contribution in [2.75, 3.05) is 46.4 Å². The highest BCUT2D eigenvalue weighted by atomic mass is 16.5. The molecule has 1 heterocycles. The summed E-state index contributed by atoms with van der Waals surface area (Å²) in [6.45, 7) is 8.54. The molecule has 0 aromatic rings. The number of hydrogen-bond acceptors (Lipinski definition) is 4. The van der Waals surface area contributed by atoms with Crippen LogP contribution in [-0.2, 0) is 4.74 Å². The Labute approximate surface area is 118 Å². The third-order valence-electron chi connectivity index (χ3n) is 4.97. The van der Waals surface area contributed by atoms with Crippen LogP contribution in [0.2, 0.25) is 0 Å². The first-order chi connectivity index (χ1) is 9.25. The van der Waals surface area contributed by atoms with Crippen LogP contribution in [-0.4, -0.2) is 67.8 Å². The van der Waals surface area contributed by atoms with Gasteiger partial charge in [-0.25, -0.2) is 0 Å². The Bertz CT molecular complexity index is 270. The molecule has 0 aromatic heterocycles. The van der Waals surface area contributed by atoms with Crippen molar-refractivity contribution in [3.8, 4) is 0 Å². The summed E-state index contributed by atoms with van der Waals surface area (Å²) >= 11 is 0. The van der Waals surface area contributed by atoms with E-state index in [9.17, 15) is 0 Å². The molecule has 0 radical (unpaired) electrons. The average Bonchev–Trinajstić information content (AvgIpc) is 3.26. The van der Waals surface area contributed by atoms with E-state index in [1.54, 1.807) is 7.11 Å². The molecule has 1 unspecified atom stereocenters. The Morgan fingerprint density at radius 3 is 2.68 bits per heavy atom. The van der Waals surface area contributed by atoms with Crippen molar-refractivity contribution < 1.29 is 4.74 Å². The molecule has 2 fully saturated rings. The molecule has 1 atom stereocenters. The van der Waals surface area contributed by atoms with Gasteiger partial charge in [-0.05, 0) is 51.7 Å². The van der Waals surface area contributed by atoms with E-state index < -0.39 is 0 Å². The Morgan fingerprint density at radius 2 is 2.11 bits per heavy atom. The predicted octanol–water partition coefficient (Wildman–Crippen LogP) is 1.30. The molecule has 2 rings (SSSR count). The molecular formula is C15H31N3O. The van der Waals surface area contributed by atoms with E-state index in [1.807, 2.05) is 0 Å². The van der Waals surface area contributed by atoms with Gasteiger partial charge in [0.2, 0.25) is 0 Å². The van der Waals surface area contributed by atoms with E-state index in [2.05, 4.69) is 16.7 Å². The molecule has 0 aromatic carbocycles. The third kappa shape index (κ3) is 3.69. The van der Waals surface area contributed by atoms with Crippen molar-refractivity contribution in [1.29, 1.82) is 0 Å². The highest BCUT2D eigenvalue weighted by Gasteiger charge is 2.43. The first-order valence-electron chi connectivity index (χ1n) is 7.94. The van der Waals surface area contributed by atoms with E-state index >= 15 is 0 Å². The van der Waals surface area contributed by atoms with Gasteiger partial charge in [0.1, 0.15) is 0 Å². The summed E-state index contributed by atoms with van der Waals surface area (Å²) in [5, 5.41) is 0. The first-order valence-corrected chi connectivity index (χ1v) is 7.94. The number of nitrogens with two attached hydrogens (primary N) is 1. The number of nitrogens with zero attached hydrogens (tertiary/aromatic N) is 2. The summed E-state index contributed by atoms with van der Waals surface area (Å²) in [5.74, 6) is 0. The van der Waals surface area contributed by atoms with Gasteiger partial charge < -0.3 is 15.4 Å². The maximum Gasteiger partial charge on any atom is 0.0590 e. The minimum atomic E-state index is 0.226. The van der Waals surface area contributed by atoms with Gasteiger partial charge in [0.15, 0.2) is 0 Å². The zero-order valence-corrected chi connectivity index (χ0v) is 12.7. The number of rotatable bonds is 7. The highest BCUT2D eigenvalue weighted by molar-refractivity contribution is 5.00. The van der Waals surface area contributed by atoms with Crippen molar-refractivity contribution in [2.24, 2.45) is 5.73 Å². The Hall–Kier alpha value is -0.160. The quantitative estimate of drug-likeness (QED) is 0.756. The SMILES string of the molecule is CCN1CCCC(CN)(N(CCOC)C2CC2)CC1. The molecule has 1 saturated heterocycles. The van der Waals surface area contributed by atoms with Gasteiger partial charge in [-0.1, -0.05) is 6.92 Å². The fourth-order valence-electron chi connectivity index (χ4n) is 3.54. The minimum absolute atomic E-state index is 0.226. The summed E-state index contributed by atoms with van der Waals surface area (Å²) in [4.78, 5) is 5.26. The fourth-order valence-corrected chi connectivity index (χ4v) is 3.54. The Balaban J connectivity index is 2.05. The molecule has 0 amide bonds. The van der Waals surface area contributed by atoms with Crippen molar-refractivity contribution >= 4 is 0 Å². The van der Waals surface area contributed by atoms with E-state index in [1.165, 1.54) is 51.7 Å². The molecule has 4 nitrogen and oxygen atoms in total. The topological polar surface area (TPSA) is 41.7 Å². The molecule has 2 N–H and O–H groups in total. The molecule has 1 aliphatic heterocycles. The first kappa shape index (κ1) is 15.2. The van der Waals surface area contributed by atoms with Gasteiger partial charge in [0.05, 0.1) is 6.61 Å². The normalized spacial score (nSPS) is 29.7. The van der Waals surface area contributed by atoms with Gasteiger partial charge >= 0.3 is 0 Å². The maximum absolute atomic E-state index is 6.23. The largest absolute Gasteiger partial charge is 0.383 e. The Kier molecular flexibility index (Phi) is 5.63. The van der Waals surface area contributed by atoms with Crippen LogP contribution in [0.1, 0.15) is 39.0 Å². The van der Waals surface area contributed by atoms with Gasteiger partial charge in [-0.15, -0.1) is 0 Å².